The first kappa shape index (κ1) is 20.3. The van der Waals surface area contributed by atoms with Crippen LogP contribution >= 0.6 is 0 Å². The molecule has 0 spiro atoms. The monoisotopic (exact) mass is 389 g/mol. The average molecular weight is 389 g/mol. The summed E-state index contributed by atoms with van der Waals surface area (Å²) in [5, 5.41) is 8.90. The molecular formula is C23H23N3O3. The Bertz CT molecular complexity index is 925. The van der Waals surface area contributed by atoms with Crippen molar-refractivity contribution in [3.8, 4) is 6.07 Å². The Kier molecular flexibility index (Phi) is 6.40. The van der Waals surface area contributed by atoms with Gasteiger partial charge in [-0.1, -0.05) is 31.2 Å². The molecule has 0 aromatic heterocycles. The zero-order valence-electron chi connectivity index (χ0n) is 16.4. The smallest absolute Gasteiger partial charge is 0.261 e. The van der Waals surface area contributed by atoms with Crippen molar-refractivity contribution in [2.45, 2.75) is 32.7 Å². The Labute approximate surface area is 170 Å². The fraction of sp³-hybridized carbons (Fsp3) is 0.304. The lowest BCUT2D eigenvalue weighted by Crippen LogP contribution is -2.34. The number of hydrogen-bond donors (Lipinski definition) is 0. The highest BCUT2D eigenvalue weighted by Gasteiger charge is 2.34. The predicted octanol–water partition coefficient (Wildman–Crippen LogP) is 3.37. The van der Waals surface area contributed by atoms with E-state index in [2.05, 4.69) is 6.07 Å². The number of nitriles is 1. The second-order valence-electron chi connectivity index (χ2n) is 7.04. The van der Waals surface area contributed by atoms with Crippen LogP contribution in [0.3, 0.4) is 0 Å². The van der Waals surface area contributed by atoms with Crippen LogP contribution in [-0.4, -0.2) is 40.6 Å². The summed E-state index contributed by atoms with van der Waals surface area (Å²) < 4.78 is 0. The van der Waals surface area contributed by atoms with Crippen molar-refractivity contribution in [2.24, 2.45) is 0 Å². The zero-order chi connectivity index (χ0) is 20.8. The van der Waals surface area contributed by atoms with Gasteiger partial charge in [0.15, 0.2) is 0 Å². The Morgan fingerprint density at radius 1 is 1.03 bits per heavy atom. The van der Waals surface area contributed by atoms with Crippen LogP contribution in [0.5, 0.6) is 0 Å². The molecule has 0 fully saturated rings. The minimum atomic E-state index is -0.291. The average Bonchev–Trinajstić information content (AvgIpc) is 2.99. The van der Waals surface area contributed by atoms with Crippen LogP contribution in [0, 0.1) is 11.3 Å². The first-order chi connectivity index (χ1) is 14.0. The SMILES string of the molecule is CCCN(Cc1ccc(C#N)cc1)C(=O)CCCN1C(=O)c2ccccc2C1=O. The van der Waals surface area contributed by atoms with E-state index in [1.807, 2.05) is 19.1 Å². The standard InChI is InChI=1S/C23H23N3O3/c1-2-13-25(16-18-11-9-17(15-24)10-12-18)21(27)8-5-14-26-22(28)19-6-3-4-7-20(19)23(26)29/h3-4,6-7,9-12H,2,5,8,13-14,16H2,1H3. The van der Waals surface area contributed by atoms with E-state index in [4.69, 9.17) is 5.26 Å². The molecule has 2 aromatic rings. The third-order valence-electron chi connectivity index (χ3n) is 4.95. The highest BCUT2D eigenvalue weighted by molar-refractivity contribution is 6.21. The normalized spacial score (nSPS) is 12.6. The lowest BCUT2D eigenvalue weighted by Gasteiger charge is -2.23. The van der Waals surface area contributed by atoms with Crippen molar-refractivity contribution >= 4 is 17.7 Å². The van der Waals surface area contributed by atoms with Gasteiger partial charge in [0.1, 0.15) is 0 Å². The second-order valence-corrected chi connectivity index (χ2v) is 7.04. The summed E-state index contributed by atoms with van der Waals surface area (Å²) in [5.41, 5.74) is 2.41. The molecule has 1 heterocycles. The van der Waals surface area contributed by atoms with Crippen molar-refractivity contribution < 1.29 is 14.4 Å². The van der Waals surface area contributed by atoms with Gasteiger partial charge in [-0.15, -0.1) is 0 Å². The first-order valence-corrected chi connectivity index (χ1v) is 9.77. The maximum absolute atomic E-state index is 12.7. The largest absolute Gasteiger partial charge is 0.338 e. The van der Waals surface area contributed by atoms with Crippen LogP contribution in [0.2, 0.25) is 0 Å². The minimum absolute atomic E-state index is 0.00665. The number of hydrogen-bond acceptors (Lipinski definition) is 4. The van der Waals surface area contributed by atoms with Crippen molar-refractivity contribution in [1.82, 2.24) is 9.80 Å². The molecule has 0 radical (unpaired) electrons. The fourth-order valence-corrected chi connectivity index (χ4v) is 3.46. The van der Waals surface area contributed by atoms with Gasteiger partial charge in [-0.2, -0.15) is 5.26 Å². The molecule has 6 nitrogen and oxygen atoms in total. The minimum Gasteiger partial charge on any atom is -0.338 e. The molecule has 0 unspecified atom stereocenters. The Hall–Kier alpha value is -3.46. The van der Waals surface area contributed by atoms with E-state index in [-0.39, 0.29) is 30.7 Å². The van der Waals surface area contributed by atoms with E-state index in [1.165, 1.54) is 4.90 Å². The maximum Gasteiger partial charge on any atom is 0.261 e. The number of carbonyl (C=O) groups excluding carboxylic acids is 3. The van der Waals surface area contributed by atoms with Gasteiger partial charge in [-0.05, 0) is 42.7 Å². The summed E-state index contributed by atoms with van der Waals surface area (Å²) in [4.78, 5) is 40.5. The molecule has 1 aliphatic heterocycles. The molecule has 0 atom stereocenters. The molecule has 0 aliphatic carbocycles. The lowest BCUT2D eigenvalue weighted by atomic mass is 10.1. The quantitative estimate of drug-likeness (QED) is 0.648. The Morgan fingerprint density at radius 2 is 1.66 bits per heavy atom. The third-order valence-corrected chi connectivity index (χ3v) is 4.95. The number of carbonyl (C=O) groups is 3. The summed E-state index contributed by atoms with van der Waals surface area (Å²) in [7, 11) is 0. The van der Waals surface area contributed by atoms with Gasteiger partial charge in [0.2, 0.25) is 5.91 Å². The van der Waals surface area contributed by atoms with E-state index in [0.717, 1.165) is 12.0 Å². The number of imide groups is 1. The summed E-state index contributed by atoms with van der Waals surface area (Å²) >= 11 is 0. The summed E-state index contributed by atoms with van der Waals surface area (Å²) in [6.07, 6.45) is 1.53. The molecule has 0 saturated carbocycles. The van der Waals surface area contributed by atoms with E-state index in [9.17, 15) is 14.4 Å². The van der Waals surface area contributed by atoms with E-state index in [1.54, 1.807) is 41.3 Å². The summed E-state index contributed by atoms with van der Waals surface area (Å²) in [6, 6.07) is 16.1. The maximum atomic E-state index is 12.7. The van der Waals surface area contributed by atoms with Crippen LogP contribution in [0.1, 0.15) is 58.0 Å². The molecule has 148 valence electrons. The van der Waals surface area contributed by atoms with Crippen LogP contribution in [-0.2, 0) is 11.3 Å². The second kappa shape index (κ2) is 9.16. The number of fused-ring (bicyclic) bond motifs is 1. The van der Waals surface area contributed by atoms with Crippen molar-refractivity contribution in [3.05, 3.63) is 70.8 Å². The van der Waals surface area contributed by atoms with Gasteiger partial charge in [0.05, 0.1) is 22.8 Å². The van der Waals surface area contributed by atoms with Crippen LogP contribution in [0.15, 0.2) is 48.5 Å². The topological polar surface area (TPSA) is 81.5 Å². The Morgan fingerprint density at radius 3 is 2.21 bits per heavy atom. The van der Waals surface area contributed by atoms with E-state index < -0.39 is 0 Å². The zero-order valence-corrected chi connectivity index (χ0v) is 16.4. The predicted molar refractivity (Wildman–Crippen MR) is 108 cm³/mol. The van der Waals surface area contributed by atoms with E-state index in [0.29, 0.717) is 36.2 Å². The highest BCUT2D eigenvalue weighted by atomic mass is 16.2. The molecule has 0 saturated heterocycles. The van der Waals surface area contributed by atoms with Gasteiger partial charge in [0.25, 0.3) is 11.8 Å². The molecule has 3 amide bonds. The van der Waals surface area contributed by atoms with Gasteiger partial charge < -0.3 is 4.90 Å². The summed E-state index contributed by atoms with van der Waals surface area (Å²) in [6.45, 7) is 3.35. The molecule has 6 heteroatoms. The molecule has 3 rings (SSSR count). The van der Waals surface area contributed by atoms with Crippen molar-refractivity contribution in [1.29, 1.82) is 5.26 Å². The molecule has 0 bridgehead atoms. The van der Waals surface area contributed by atoms with E-state index >= 15 is 0 Å². The molecular weight excluding hydrogens is 366 g/mol. The molecule has 1 aliphatic rings. The number of rotatable bonds is 8. The first-order valence-electron chi connectivity index (χ1n) is 9.77. The highest BCUT2D eigenvalue weighted by Crippen LogP contribution is 2.22. The van der Waals surface area contributed by atoms with Crippen LogP contribution in [0.25, 0.3) is 0 Å². The summed E-state index contributed by atoms with van der Waals surface area (Å²) in [5.74, 6) is -0.588. The van der Waals surface area contributed by atoms with Gasteiger partial charge in [-0.3, -0.25) is 19.3 Å². The molecule has 2 aromatic carbocycles. The number of benzene rings is 2. The lowest BCUT2D eigenvalue weighted by molar-refractivity contribution is -0.132. The van der Waals surface area contributed by atoms with Gasteiger partial charge in [0, 0.05) is 26.1 Å². The van der Waals surface area contributed by atoms with Gasteiger partial charge >= 0.3 is 0 Å². The third kappa shape index (κ3) is 4.52. The van der Waals surface area contributed by atoms with Crippen molar-refractivity contribution in [3.63, 3.8) is 0 Å². The molecule has 29 heavy (non-hydrogen) atoms. The van der Waals surface area contributed by atoms with Crippen LogP contribution < -0.4 is 0 Å². The fourth-order valence-electron chi connectivity index (χ4n) is 3.46. The Balaban J connectivity index is 1.56. The van der Waals surface area contributed by atoms with Gasteiger partial charge in [-0.25, -0.2) is 0 Å². The molecule has 0 N–H and O–H groups in total. The van der Waals surface area contributed by atoms with Crippen LogP contribution in [0.4, 0.5) is 0 Å². The number of amides is 3. The number of nitrogens with zero attached hydrogens (tertiary/aromatic N) is 3. The van der Waals surface area contributed by atoms with Crippen molar-refractivity contribution in [2.75, 3.05) is 13.1 Å².